The van der Waals surface area contributed by atoms with Crippen LogP contribution in [0, 0.1) is 35.0 Å². The number of allylic oxidation sites excluding steroid dienone is 1. The van der Waals surface area contributed by atoms with Gasteiger partial charge in [0.25, 0.3) is 0 Å². The Morgan fingerprint density at radius 3 is 2.76 bits per heavy atom. The quantitative estimate of drug-likeness (QED) is 0.767. The number of aliphatic hydroxyl groups excluding tert-OH is 1. The maximum atomic E-state index is 13.2. The van der Waals surface area contributed by atoms with Crippen LogP contribution < -0.4 is 0 Å². The minimum Gasteiger partial charge on any atom is -0.389 e. The van der Waals surface area contributed by atoms with Crippen molar-refractivity contribution in [2.75, 3.05) is 13.3 Å². The molecule has 0 heterocycles. The predicted molar refractivity (Wildman–Crippen MR) is 93.6 cm³/mol. The highest BCUT2D eigenvalue weighted by atomic mass is 19.1. The molecule has 7 atom stereocenters. The van der Waals surface area contributed by atoms with E-state index in [0.29, 0.717) is 36.5 Å². The number of alkyl halides is 1. The Hall–Kier alpha value is -0.740. The lowest BCUT2D eigenvalue weighted by Gasteiger charge is -2.54. The molecule has 0 aliphatic heterocycles. The average Bonchev–Trinajstić information content (AvgIpc) is 2.98. The molecule has 0 amide bonds. The van der Waals surface area contributed by atoms with Gasteiger partial charge in [-0.15, -0.1) is 0 Å². The van der Waals surface area contributed by atoms with Crippen LogP contribution in [0.2, 0.25) is 0 Å². The molecular weight excluding hydrogens is 319 g/mol. The van der Waals surface area contributed by atoms with Gasteiger partial charge >= 0.3 is 0 Å². The van der Waals surface area contributed by atoms with E-state index in [-0.39, 0.29) is 23.7 Å². The van der Waals surface area contributed by atoms with E-state index in [1.165, 1.54) is 5.57 Å². The fourth-order valence-electron chi connectivity index (χ4n) is 7.12. The molecule has 0 spiro atoms. The summed E-state index contributed by atoms with van der Waals surface area (Å²) in [5.41, 5.74) is 0.197. The number of rotatable bonds is 3. The summed E-state index contributed by atoms with van der Waals surface area (Å²) < 4.78 is 13.2. The molecule has 3 nitrogen and oxygen atoms in total. The number of fused-ring (bicyclic) bond motifs is 5. The maximum absolute atomic E-state index is 13.2. The van der Waals surface area contributed by atoms with Gasteiger partial charge in [0.2, 0.25) is 0 Å². The normalized spacial score (nSPS) is 49.0. The van der Waals surface area contributed by atoms with Crippen molar-refractivity contribution in [3.63, 3.8) is 0 Å². The second-order valence-electron chi connectivity index (χ2n) is 9.43. The second kappa shape index (κ2) is 6.16. The minimum absolute atomic E-state index is 0.0248. The van der Waals surface area contributed by atoms with Crippen molar-refractivity contribution < 1.29 is 19.4 Å². The highest BCUT2D eigenvalue weighted by Crippen LogP contribution is 2.63. The molecule has 4 aliphatic carbocycles. The third-order valence-corrected chi connectivity index (χ3v) is 8.38. The third-order valence-electron chi connectivity index (χ3n) is 8.38. The summed E-state index contributed by atoms with van der Waals surface area (Å²) in [6.45, 7) is 1.31. The molecule has 4 heteroatoms. The summed E-state index contributed by atoms with van der Waals surface area (Å²) in [4.78, 5) is 12.2. The molecule has 140 valence electrons. The number of carbonyl (C=O) groups is 1. The number of Topliss-reactive ketones (excluding diaryl/α,β-unsaturated/α-hetero) is 1. The lowest BCUT2D eigenvalue weighted by Crippen LogP contribution is -2.49. The van der Waals surface area contributed by atoms with Gasteiger partial charge in [-0.05, 0) is 80.5 Å². The molecule has 25 heavy (non-hydrogen) atoms. The Morgan fingerprint density at radius 1 is 1.24 bits per heavy atom. The monoisotopic (exact) mass is 350 g/mol. The summed E-state index contributed by atoms with van der Waals surface area (Å²) >= 11 is 0. The summed E-state index contributed by atoms with van der Waals surface area (Å²) in [5.74, 6) is 2.36. The summed E-state index contributed by atoms with van der Waals surface area (Å²) in [6, 6.07) is 0. The molecule has 0 unspecified atom stereocenters. The first-order valence-corrected chi connectivity index (χ1v) is 10.0. The van der Waals surface area contributed by atoms with Gasteiger partial charge in [-0.25, -0.2) is 4.39 Å². The molecule has 0 saturated heterocycles. The fourth-order valence-corrected chi connectivity index (χ4v) is 7.12. The largest absolute Gasteiger partial charge is 0.389 e. The van der Waals surface area contributed by atoms with Gasteiger partial charge in [-0.1, -0.05) is 18.6 Å². The Labute approximate surface area is 149 Å². The molecule has 0 radical (unpaired) electrons. The smallest absolute Gasteiger partial charge is 0.161 e. The van der Waals surface area contributed by atoms with Crippen molar-refractivity contribution in [1.82, 2.24) is 0 Å². The van der Waals surface area contributed by atoms with E-state index in [0.717, 1.165) is 38.5 Å². The molecule has 0 aromatic carbocycles. The van der Waals surface area contributed by atoms with Crippen molar-refractivity contribution in [2.24, 2.45) is 35.0 Å². The van der Waals surface area contributed by atoms with Gasteiger partial charge in [-0.3, -0.25) is 4.79 Å². The van der Waals surface area contributed by atoms with Crippen LogP contribution in [0.25, 0.3) is 0 Å². The molecule has 0 aromatic rings. The first-order valence-electron chi connectivity index (χ1n) is 10.0. The van der Waals surface area contributed by atoms with Gasteiger partial charge < -0.3 is 10.2 Å². The molecule has 4 aliphatic rings. The Kier molecular flexibility index (Phi) is 4.35. The number of hydrogen-bond acceptors (Lipinski definition) is 3. The number of aliphatic hydroxyl groups is 2. The molecule has 0 bridgehead atoms. The van der Waals surface area contributed by atoms with Gasteiger partial charge in [-0.2, -0.15) is 0 Å². The second-order valence-corrected chi connectivity index (χ2v) is 9.43. The fraction of sp³-hybridized carbons (Fsp3) is 0.857. The zero-order valence-corrected chi connectivity index (χ0v) is 15.2. The van der Waals surface area contributed by atoms with Crippen molar-refractivity contribution >= 4 is 5.78 Å². The van der Waals surface area contributed by atoms with Gasteiger partial charge in [0.15, 0.2) is 5.78 Å². The predicted octanol–water partition coefficient (Wildman–Crippen LogP) is 3.44. The zero-order chi connectivity index (χ0) is 17.8. The Balaban J connectivity index is 1.57. The molecule has 3 fully saturated rings. The van der Waals surface area contributed by atoms with Crippen molar-refractivity contribution in [3.8, 4) is 0 Å². The molecule has 2 N–H and O–H groups in total. The number of halogens is 1. The van der Waals surface area contributed by atoms with Gasteiger partial charge in [0.05, 0.1) is 5.60 Å². The van der Waals surface area contributed by atoms with Crippen LogP contribution >= 0.6 is 0 Å². The van der Waals surface area contributed by atoms with Crippen LogP contribution in [0.3, 0.4) is 0 Å². The van der Waals surface area contributed by atoms with Gasteiger partial charge in [0, 0.05) is 5.92 Å². The maximum Gasteiger partial charge on any atom is 0.161 e. The van der Waals surface area contributed by atoms with Crippen molar-refractivity contribution in [2.45, 2.75) is 63.9 Å². The van der Waals surface area contributed by atoms with Crippen molar-refractivity contribution in [1.29, 1.82) is 0 Å². The standard InChI is InChI=1S/C21H31FO3/c1-20-8-6-15-14-7-9-21(25,12-22)10-13(14)2-3-16(15)17(20)4-5-18(20)19(24)11-23/h2,14-18,23,25H,3-12H2,1H3/t14-,15+,16+,17-,18+,20-,21+/m0/s1. The summed E-state index contributed by atoms with van der Waals surface area (Å²) in [6.07, 6.45) is 9.49. The first kappa shape index (κ1) is 17.7. The molecule has 0 aromatic heterocycles. The lowest BCUT2D eigenvalue weighted by atomic mass is 9.51. The summed E-state index contributed by atoms with van der Waals surface area (Å²) in [5, 5.41) is 19.7. The van der Waals surface area contributed by atoms with Crippen LogP contribution in [0.15, 0.2) is 11.6 Å². The van der Waals surface area contributed by atoms with E-state index in [1.807, 2.05) is 0 Å². The molecule has 3 saturated carbocycles. The highest BCUT2D eigenvalue weighted by molar-refractivity contribution is 5.83. The number of carbonyl (C=O) groups excluding carboxylic acids is 1. The van der Waals surface area contributed by atoms with Crippen LogP contribution in [0.1, 0.15) is 58.3 Å². The zero-order valence-electron chi connectivity index (χ0n) is 15.2. The minimum atomic E-state index is -1.13. The van der Waals surface area contributed by atoms with Crippen molar-refractivity contribution in [3.05, 3.63) is 11.6 Å². The van der Waals surface area contributed by atoms with Crippen LogP contribution in [-0.2, 0) is 4.79 Å². The van der Waals surface area contributed by atoms with Gasteiger partial charge in [0.1, 0.15) is 13.3 Å². The van der Waals surface area contributed by atoms with Crippen LogP contribution in [0.5, 0.6) is 0 Å². The van der Waals surface area contributed by atoms with E-state index >= 15 is 0 Å². The van der Waals surface area contributed by atoms with Crippen LogP contribution in [-0.4, -0.2) is 34.9 Å². The van der Waals surface area contributed by atoms with E-state index < -0.39 is 12.3 Å². The molecule has 4 rings (SSSR count). The van der Waals surface area contributed by atoms with E-state index in [4.69, 9.17) is 0 Å². The SMILES string of the molecule is C[C@]12CC[C@H]3[C@@H](CC=C4C[C@@](O)(CF)CC[C@@H]43)[C@@H]1CC[C@@H]2C(=O)CO. The highest BCUT2D eigenvalue weighted by Gasteiger charge is 2.57. The average molecular weight is 350 g/mol. The molecular formula is C21H31FO3. The first-order chi connectivity index (χ1) is 11.9. The van der Waals surface area contributed by atoms with E-state index in [9.17, 15) is 19.4 Å². The number of ketones is 1. The summed E-state index contributed by atoms with van der Waals surface area (Å²) in [7, 11) is 0. The van der Waals surface area contributed by atoms with Crippen LogP contribution in [0.4, 0.5) is 4.39 Å². The van der Waals surface area contributed by atoms with E-state index in [1.54, 1.807) is 0 Å². The Morgan fingerprint density at radius 2 is 2.04 bits per heavy atom. The lowest BCUT2D eigenvalue weighted by molar-refractivity contribution is -0.131. The third kappa shape index (κ3) is 2.63. The topological polar surface area (TPSA) is 57.5 Å². The van der Waals surface area contributed by atoms with E-state index in [2.05, 4.69) is 13.0 Å². The number of hydrogen-bond donors (Lipinski definition) is 2. The Bertz CT molecular complexity index is 588.